The number of aromatic amines is 1. The van der Waals surface area contributed by atoms with Gasteiger partial charge in [-0.3, -0.25) is 19.2 Å². The van der Waals surface area contributed by atoms with Gasteiger partial charge in [-0.15, -0.1) is 0 Å². The molecule has 0 fully saturated rings. The first-order chi connectivity index (χ1) is 18.6. The monoisotopic (exact) mass is 581 g/mol. The number of fused-ring (bicyclic) bond motifs is 1. The Kier molecular flexibility index (Phi) is 13.1. The van der Waals surface area contributed by atoms with Crippen molar-refractivity contribution in [2.75, 3.05) is 24.0 Å². The zero-order chi connectivity index (χ0) is 28.9. The van der Waals surface area contributed by atoms with Crippen LogP contribution in [-0.4, -0.2) is 93.0 Å². The summed E-state index contributed by atoms with van der Waals surface area (Å²) in [4.78, 5) is 65.0. The first-order valence-electron chi connectivity index (χ1n) is 12.2. The summed E-state index contributed by atoms with van der Waals surface area (Å²) in [5.41, 5.74) is 7.37. The van der Waals surface area contributed by atoms with Crippen molar-refractivity contribution in [3.05, 3.63) is 36.0 Å². The number of rotatable bonds is 17. The van der Waals surface area contributed by atoms with E-state index in [1.54, 1.807) is 12.5 Å². The number of nitrogens with two attached hydrogens (primary N) is 1. The fraction of sp³-hybridized carbons (Fsp3) is 0.480. The van der Waals surface area contributed by atoms with E-state index in [1.807, 2.05) is 30.5 Å². The third-order valence-corrected chi connectivity index (χ3v) is 7.23. The maximum Gasteiger partial charge on any atom is 0.326 e. The average molecular weight is 582 g/mol. The van der Waals surface area contributed by atoms with Gasteiger partial charge in [0.25, 0.3) is 0 Å². The van der Waals surface area contributed by atoms with Gasteiger partial charge in [0.1, 0.15) is 18.1 Å². The van der Waals surface area contributed by atoms with Gasteiger partial charge in [0.2, 0.25) is 17.7 Å². The summed E-state index contributed by atoms with van der Waals surface area (Å²) in [6.45, 7) is 0. The van der Waals surface area contributed by atoms with Gasteiger partial charge in [0.15, 0.2) is 0 Å². The first kappa shape index (κ1) is 32.0. The highest BCUT2D eigenvalue weighted by molar-refractivity contribution is 7.98. The molecule has 2 rings (SSSR count). The van der Waals surface area contributed by atoms with Crippen LogP contribution in [0.3, 0.4) is 0 Å². The molecular formula is C25H35N5O7S2. The van der Waals surface area contributed by atoms with Crippen LogP contribution in [0.25, 0.3) is 10.9 Å². The number of carbonyl (C=O) groups excluding carboxylic acids is 3. The lowest BCUT2D eigenvalue weighted by atomic mass is 10.0. The van der Waals surface area contributed by atoms with Gasteiger partial charge in [0, 0.05) is 23.5 Å². The number of thioether (sulfide) groups is 2. The molecule has 2 aromatic rings. The average Bonchev–Trinajstić information content (AvgIpc) is 3.30. The number of amides is 3. The number of para-hydroxylation sites is 1. The van der Waals surface area contributed by atoms with E-state index in [9.17, 15) is 34.2 Å². The molecule has 214 valence electrons. The SMILES string of the molecule is CSCCC(N)C(=O)NC(CC(=O)O)C(=O)NC(CCSC)C(=O)NC(Cc1c[nH]c2ccccc12)C(=O)O. The summed E-state index contributed by atoms with van der Waals surface area (Å²) in [7, 11) is 0. The minimum absolute atomic E-state index is 0.0000877. The molecule has 3 amide bonds. The van der Waals surface area contributed by atoms with Crippen molar-refractivity contribution in [3.63, 3.8) is 0 Å². The molecule has 0 saturated heterocycles. The molecule has 0 radical (unpaired) electrons. The Morgan fingerprint density at radius 3 is 2.10 bits per heavy atom. The number of carboxylic acids is 2. The molecule has 0 aliphatic heterocycles. The Balaban J connectivity index is 2.15. The van der Waals surface area contributed by atoms with Gasteiger partial charge >= 0.3 is 11.9 Å². The maximum absolute atomic E-state index is 13.2. The number of aromatic nitrogens is 1. The van der Waals surface area contributed by atoms with E-state index < -0.39 is 60.2 Å². The van der Waals surface area contributed by atoms with Crippen LogP contribution in [0.5, 0.6) is 0 Å². The number of benzene rings is 1. The standard InChI is InChI=1S/C25H35N5O7S2/c1-38-9-7-16(26)22(33)29-19(12-21(31)32)24(35)28-18(8-10-39-2)23(34)30-20(25(36)37)11-14-13-27-17-6-4-3-5-15(14)17/h3-6,13,16,18-20,27H,7-12,26H2,1-2H3,(H,28,35)(H,29,33)(H,30,34)(H,31,32)(H,36,37). The van der Waals surface area contributed by atoms with Crippen molar-refractivity contribution in [1.29, 1.82) is 0 Å². The Bertz CT molecular complexity index is 1160. The Hall–Kier alpha value is -3.23. The molecule has 1 aromatic heterocycles. The minimum Gasteiger partial charge on any atom is -0.481 e. The summed E-state index contributed by atoms with van der Waals surface area (Å²) in [5, 5.41) is 27.2. The lowest BCUT2D eigenvalue weighted by molar-refractivity contribution is -0.143. The van der Waals surface area contributed by atoms with E-state index in [2.05, 4.69) is 20.9 Å². The highest BCUT2D eigenvalue weighted by Gasteiger charge is 2.31. The normalized spacial score (nSPS) is 14.1. The first-order valence-corrected chi connectivity index (χ1v) is 15.0. The van der Waals surface area contributed by atoms with E-state index in [1.165, 1.54) is 23.5 Å². The van der Waals surface area contributed by atoms with Crippen LogP contribution >= 0.6 is 23.5 Å². The molecule has 39 heavy (non-hydrogen) atoms. The fourth-order valence-corrected chi connectivity index (χ4v) is 4.77. The van der Waals surface area contributed by atoms with E-state index >= 15 is 0 Å². The van der Waals surface area contributed by atoms with Crippen molar-refractivity contribution >= 4 is 64.1 Å². The number of nitrogens with one attached hydrogen (secondary N) is 4. The number of carbonyl (C=O) groups is 5. The van der Waals surface area contributed by atoms with Crippen LogP contribution in [0.15, 0.2) is 30.5 Å². The Labute approximate surface area is 234 Å². The number of hydrogen-bond donors (Lipinski definition) is 7. The number of H-pyrrole nitrogens is 1. The predicted molar refractivity (Wildman–Crippen MR) is 152 cm³/mol. The van der Waals surface area contributed by atoms with Crippen LogP contribution < -0.4 is 21.7 Å². The van der Waals surface area contributed by atoms with Gasteiger partial charge in [-0.25, -0.2) is 4.79 Å². The molecule has 14 heteroatoms. The Morgan fingerprint density at radius 2 is 1.46 bits per heavy atom. The molecule has 12 nitrogen and oxygen atoms in total. The molecule has 0 bridgehead atoms. The van der Waals surface area contributed by atoms with Crippen LogP contribution in [0.2, 0.25) is 0 Å². The van der Waals surface area contributed by atoms with Crippen LogP contribution in [0.4, 0.5) is 0 Å². The highest BCUT2D eigenvalue weighted by Crippen LogP contribution is 2.19. The van der Waals surface area contributed by atoms with Crippen LogP contribution in [-0.2, 0) is 30.4 Å². The molecule has 4 unspecified atom stereocenters. The van der Waals surface area contributed by atoms with Crippen LogP contribution in [0, 0.1) is 0 Å². The van der Waals surface area contributed by atoms with E-state index in [4.69, 9.17) is 5.73 Å². The second-order valence-electron chi connectivity index (χ2n) is 8.85. The summed E-state index contributed by atoms with van der Waals surface area (Å²) in [5.74, 6) is -3.82. The summed E-state index contributed by atoms with van der Waals surface area (Å²) in [6, 6.07) is 2.51. The largest absolute Gasteiger partial charge is 0.481 e. The lowest BCUT2D eigenvalue weighted by Crippen LogP contribution is -2.57. The van der Waals surface area contributed by atoms with Crippen molar-refractivity contribution in [2.24, 2.45) is 5.73 Å². The summed E-state index contributed by atoms with van der Waals surface area (Å²) in [6.07, 6.45) is 5.10. The van der Waals surface area contributed by atoms with Crippen molar-refractivity contribution < 1.29 is 34.2 Å². The predicted octanol–water partition coefficient (Wildman–Crippen LogP) is 0.558. The number of aliphatic carboxylic acids is 2. The van der Waals surface area contributed by atoms with Crippen molar-refractivity contribution in [1.82, 2.24) is 20.9 Å². The van der Waals surface area contributed by atoms with E-state index in [0.29, 0.717) is 23.5 Å². The lowest BCUT2D eigenvalue weighted by Gasteiger charge is -2.24. The molecular weight excluding hydrogens is 546 g/mol. The fourth-order valence-electron chi connectivity index (χ4n) is 3.81. The van der Waals surface area contributed by atoms with E-state index in [-0.39, 0.29) is 12.8 Å². The number of carboxylic acid groups (broad SMARTS) is 2. The molecule has 1 heterocycles. The van der Waals surface area contributed by atoms with Gasteiger partial charge in [-0.1, -0.05) is 18.2 Å². The van der Waals surface area contributed by atoms with Gasteiger partial charge in [-0.05, 0) is 48.5 Å². The topological polar surface area (TPSA) is 204 Å². The Morgan fingerprint density at radius 1 is 0.872 bits per heavy atom. The maximum atomic E-state index is 13.2. The second kappa shape index (κ2) is 16.0. The highest BCUT2D eigenvalue weighted by atomic mass is 32.2. The molecule has 1 aromatic carbocycles. The quantitative estimate of drug-likeness (QED) is 0.138. The molecule has 0 saturated carbocycles. The molecule has 0 spiro atoms. The summed E-state index contributed by atoms with van der Waals surface area (Å²) >= 11 is 2.90. The van der Waals surface area contributed by atoms with Crippen molar-refractivity contribution in [3.8, 4) is 0 Å². The molecule has 4 atom stereocenters. The van der Waals surface area contributed by atoms with E-state index in [0.717, 1.165) is 10.9 Å². The zero-order valence-electron chi connectivity index (χ0n) is 21.8. The van der Waals surface area contributed by atoms with Gasteiger partial charge in [0.05, 0.1) is 12.5 Å². The second-order valence-corrected chi connectivity index (χ2v) is 10.8. The smallest absolute Gasteiger partial charge is 0.326 e. The van der Waals surface area contributed by atoms with Gasteiger partial charge < -0.3 is 36.9 Å². The third kappa shape index (κ3) is 10.1. The minimum atomic E-state index is -1.47. The number of hydrogen-bond acceptors (Lipinski definition) is 8. The molecule has 0 aliphatic rings. The van der Waals surface area contributed by atoms with Gasteiger partial charge in [-0.2, -0.15) is 23.5 Å². The summed E-state index contributed by atoms with van der Waals surface area (Å²) < 4.78 is 0. The molecule has 0 aliphatic carbocycles. The zero-order valence-corrected chi connectivity index (χ0v) is 23.4. The third-order valence-electron chi connectivity index (χ3n) is 5.94. The molecule has 8 N–H and O–H groups in total. The van der Waals surface area contributed by atoms with Crippen molar-refractivity contribution in [2.45, 2.75) is 49.9 Å². The van der Waals surface area contributed by atoms with Crippen LogP contribution in [0.1, 0.15) is 24.8 Å².